The van der Waals surface area contributed by atoms with Gasteiger partial charge >= 0.3 is 0 Å². The lowest BCUT2D eigenvalue weighted by molar-refractivity contribution is 0.156. The van der Waals surface area contributed by atoms with Gasteiger partial charge in [-0.2, -0.15) is 4.31 Å². The molecule has 0 N–H and O–H groups in total. The van der Waals surface area contributed by atoms with E-state index in [1.54, 1.807) is 28.6 Å². The largest absolute Gasteiger partial charge is 0.290 e. The Hall–Kier alpha value is -2.18. The monoisotopic (exact) mass is 426 g/mol. The Morgan fingerprint density at radius 1 is 0.690 bits per heavy atom. The van der Waals surface area contributed by atoms with E-state index in [0.717, 1.165) is 5.56 Å². The number of halogens is 1. The van der Waals surface area contributed by atoms with Gasteiger partial charge in [0.1, 0.15) is 0 Å². The number of hydrogen-bond donors (Lipinski definition) is 0. The first-order valence-electron chi connectivity index (χ1n) is 9.65. The molecule has 0 radical (unpaired) electrons. The molecule has 3 aromatic carbocycles. The van der Waals surface area contributed by atoms with Crippen molar-refractivity contribution in [1.82, 2.24) is 9.21 Å². The van der Waals surface area contributed by atoms with Gasteiger partial charge in [0.2, 0.25) is 10.0 Å². The van der Waals surface area contributed by atoms with E-state index < -0.39 is 10.0 Å². The first-order chi connectivity index (χ1) is 14.1. The van der Waals surface area contributed by atoms with Gasteiger partial charge in [0.15, 0.2) is 0 Å². The molecule has 1 heterocycles. The summed E-state index contributed by atoms with van der Waals surface area (Å²) in [5.41, 5.74) is 2.34. The molecule has 0 aliphatic carbocycles. The predicted molar refractivity (Wildman–Crippen MR) is 117 cm³/mol. The van der Waals surface area contributed by atoms with Crippen molar-refractivity contribution in [2.24, 2.45) is 0 Å². The van der Waals surface area contributed by atoms with Crippen LogP contribution in [0, 0.1) is 0 Å². The standard InChI is InChI=1S/C23H23ClN2O2S/c24-21-13-11-20(12-14-21)23(19-7-3-1-4-8-19)25-15-17-26(18-16-25)29(27,28)22-9-5-2-6-10-22/h1-14,23H,15-18H2. The average Bonchev–Trinajstić information content (AvgIpc) is 2.77. The summed E-state index contributed by atoms with van der Waals surface area (Å²) in [6.07, 6.45) is 0. The number of sulfonamides is 1. The highest BCUT2D eigenvalue weighted by atomic mass is 35.5. The highest BCUT2D eigenvalue weighted by molar-refractivity contribution is 7.89. The lowest BCUT2D eigenvalue weighted by Crippen LogP contribution is -2.49. The fourth-order valence-corrected chi connectivity index (χ4v) is 5.41. The minimum atomic E-state index is -3.46. The molecule has 1 saturated heterocycles. The second-order valence-electron chi connectivity index (χ2n) is 7.12. The van der Waals surface area contributed by atoms with Crippen molar-refractivity contribution >= 4 is 21.6 Å². The van der Waals surface area contributed by atoms with E-state index in [9.17, 15) is 8.42 Å². The molecule has 1 aliphatic heterocycles. The number of hydrogen-bond acceptors (Lipinski definition) is 3. The van der Waals surface area contributed by atoms with Crippen molar-refractivity contribution in [2.75, 3.05) is 26.2 Å². The second kappa shape index (κ2) is 8.67. The normalized spacial score (nSPS) is 17.1. The molecule has 1 atom stereocenters. The zero-order valence-electron chi connectivity index (χ0n) is 16.0. The Morgan fingerprint density at radius 2 is 1.21 bits per heavy atom. The SMILES string of the molecule is O=S(=O)(c1ccccc1)N1CCN(C(c2ccccc2)c2ccc(Cl)cc2)CC1. The summed E-state index contributed by atoms with van der Waals surface area (Å²) in [4.78, 5) is 2.70. The van der Waals surface area contributed by atoms with Crippen LogP contribution in [0.1, 0.15) is 17.2 Å². The van der Waals surface area contributed by atoms with E-state index >= 15 is 0 Å². The molecule has 150 valence electrons. The van der Waals surface area contributed by atoms with Crippen LogP contribution in [0.15, 0.2) is 89.8 Å². The van der Waals surface area contributed by atoms with Crippen LogP contribution in [0.2, 0.25) is 5.02 Å². The summed E-state index contributed by atoms with van der Waals surface area (Å²) in [6, 6.07) is 26.9. The first-order valence-corrected chi connectivity index (χ1v) is 11.5. The molecular weight excluding hydrogens is 404 g/mol. The van der Waals surface area contributed by atoms with Crippen LogP contribution in [0.25, 0.3) is 0 Å². The molecule has 0 amide bonds. The fourth-order valence-electron chi connectivity index (χ4n) is 3.84. The van der Waals surface area contributed by atoms with E-state index in [1.165, 1.54) is 5.56 Å². The van der Waals surface area contributed by atoms with Crippen molar-refractivity contribution in [3.63, 3.8) is 0 Å². The number of nitrogens with zero attached hydrogens (tertiary/aromatic N) is 2. The van der Waals surface area contributed by atoms with Gasteiger partial charge in [0.05, 0.1) is 10.9 Å². The molecule has 0 spiro atoms. The Bertz CT molecular complexity index is 1030. The molecule has 4 nitrogen and oxygen atoms in total. The topological polar surface area (TPSA) is 40.6 Å². The van der Waals surface area contributed by atoms with Crippen molar-refractivity contribution in [1.29, 1.82) is 0 Å². The highest BCUT2D eigenvalue weighted by Crippen LogP contribution is 2.31. The Balaban J connectivity index is 1.56. The minimum Gasteiger partial charge on any atom is -0.290 e. The molecule has 1 aliphatic rings. The van der Waals surface area contributed by atoms with Crippen LogP contribution in [0.3, 0.4) is 0 Å². The fraction of sp³-hybridized carbons (Fsp3) is 0.217. The molecule has 0 saturated carbocycles. The van der Waals surface area contributed by atoms with Gasteiger partial charge in [-0.3, -0.25) is 4.90 Å². The van der Waals surface area contributed by atoms with E-state index in [1.807, 2.05) is 48.5 Å². The third kappa shape index (κ3) is 4.38. The summed E-state index contributed by atoms with van der Waals surface area (Å²) in [6.45, 7) is 2.25. The van der Waals surface area contributed by atoms with Crippen LogP contribution < -0.4 is 0 Å². The quantitative estimate of drug-likeness (QED) is 0.605. The lowest BCUT2D eigenvalue weighted by atomic mass is 9.96. The Kier molecular flexibility index (Phi) is 6.01. The van der Waals surface area contributed by atoms with Crippen LogP contribution in [0.5, 0.6) is 0 Å². The Morgan fingerprint density at radius 3 is 1.79 bits per heavy atom. The molecule has 3 aromatic rings. The minimum absolute atomic E-state index is 0.0649. The Labute approximate surface area is 177 Å². The number of piperazine rings is 1. The van der Waals surface area contributed by atoms with Crippen molar-refractivity contribution < 1.29 is 8.42 Å². The molecular formula is C23H23ClN2O2S. The lowest BCUT2D eigenvalue weighted by Gasteiger charge is -2.39. The van der Waals surface area contributed by atoms with E-state index in [4.69, 9.17) is 11.6 Å². The van der Waals surface area contributed by atoms with Gasteiger partial charge in [0.25, 0.3) is 0 Å². The van der Waals surface area contributed by atoms with Crippen molar-refractivity contribution in [3.8, 4) is 0 Å². The average molecular weight is 427 g/mol. The first kappa shape index (κ1) is 20.1. The van der Waals surface area contributed by atoms with Gasteiger partial charge in [-0.1, -0.05) is 72.3 Å². The summed E-state index contributed by atoms with van der Waals surface area (Å²) >= 11 is 6.09. The smallest absolute Gasteiger partial charge is 0.243 e. The maximum absolute atomic E-state index is 12.9. The molecule has 1 fully saturated rings. The van der Waals surface area contributed by atoms with Gasteiger partial charge in [-0.05, 0) is 35.4 Å². The third-order valence-electron chi connectivity index (χ3n) is 5.32. The molecule has 1 unspecified atom stereocenters. The number of rotatable bonds is 5. The molecule has 29 heavy (non-hydrogen) atoms. The van der Waals surface area contributed by atoms with E-state index in [0.29, 0.717) is 36.1 Å². The molecule has 0 aromatic heterocycles. The van der Waals surface area contributed by atoms with E-state index in [2.05, 4.69) is 17.0 Å². The molecule has 0 bridgehead atoms. The van der Waals surface area contributed by atoms with Crippen LogP contribution in [-0.2, 0) is 10.0 Å². The van der Waals surface area contributed by atoms with Crippen molar-refractivity contribution in [3.05, 3.63) is 101 Å². The maximum Gasteiger partial charge on any atom is 0.243 e. The van der Waals surface area contributed by atoms with Gasteiger partial charge in [-0.25, -0.2) is 8.42 Å². The molecule has 6 heteroatoms. The van der Waals surface area contributed by atoms with Crippen LogP contribution >= 0.6 is 11.6 Å². The summed E-state index contributed by atoms with van der Waals surface area (Å²) in [5.74, 6) is 0. The summed E-state index contributed by atoms with van der Waals surface area (Å²) in [5, 5.41) is 0.708. The summed E-state index contributed by atoms with van der Waals surface area (Å²) < 4.78 is 27.5. The van der Waals surface area contributed by atoms with E-state index in [-0.39, 0.29) is 6.04 Å². The zero-order valence-corrected chi connectivity index (χ0v) is 17.6. The van der Waals surface area contributed by atoms with Crippen LogP contribution in [-0.4, -0.2) is 43.8 Å². The van der Waals surface area contributed by atoms with Gasteiger partial charge < -0.3 is 0 Å². The summed E-state index contributed by atoms with van der Waals surface area (Å²) in [7, 11) is -3.46. The molecule has 4 rings (SSSR count). The zero-order chi connectivity index (χ0) is 20.3. The number of benzene rings is 3. The van der Waals surface area contributed by atoms with Crippen LogP contribution in [0.4, 0.5) is 0 Å². The maximum atomic E-state index is 12.9. The second-order valence-corrected chi connectivity index (χ2v) is 9.49. The highest BCUT2D eigenvalue weighted by Gasteiger charge is 2.32. The van der Waals surface area contributed by atoms with Gasteiger partial charge in [-0.15, -0.1) is 0 Å². The van der Waals surface area contributed by atoms with Crippen molar-refractivity contribution in [2.45, 2.75) is 10.9 Å². The predicted octanol–water partition coefficient (Wildman–Crippen LogP) is 4.44. The van der Waals surface area contributed by atoms with Gasteiger partial charge in [0, 0.05) is 31.2 Å². The third-order valence-corrected chi connectivity index (χ3v) is 7.49.